The van der Waals surface area contributed by atoms with Gasteiger partial charge < -0.3 is 15.1 Å². The molecule has 8 heteroatoms. The van der Waals surface area contributed by atoms with Gasteiger partial charge in [0.2, 0.25) is 0 Å². The molecule has 3 aromatic rings. The summed E-state index contributed by atoms with van der Waals surface area (Å²) in [5.41, 5.74) is 4.21. The third-order valence-corrected chi connectivity index (χ3v) is 2.73. The maximum atomic E-state index is 5.40. The fourth-order valence-electron chi connectivity index (χ4n) is 1.85. The van der Waals surface area contributed by atoms with Crippen LogP contribution in [0.2, 0.25) is 0 Å². The highest BCUT2D eigenvalue weighted by Crippen LogP contribution is 2.16. The van der Waals surface area contributed by atoms with Gasteiger partial charge in [0.15, 0.2) is 17.3 Å². The molecular weight excluding hydrogens is 244 g/mol. The van der Waals surface area contributed by atoms with Crippen molar-refractivity contribution in [3.63, 3.8) is 0 Å². The molecule has 4 N–H and O–H groups in total. The second kappa shape index (κ2) is 4.58. The predicted octanol–water partition coefficient (Wildman–Crippen LogP) is 0.360. The molecule has 3 heterocycles. The van der Waals surface area contributed by atoms with Crippen molar-refractivity contribution in [2.24, 2.45) is 12.9 Å². The van der Waals surface area contributed by atoms with Crippen molar-refractivity contribution in [1.82, 2.24) is 24.1 Å². The van der Waals surface area contributed by atoms with Crippen LogP contribution < -0.4 is 16.6 Å². The number of anilines is 2. The van der Waals surface area contributed by atoms with Gasteiger partial charge in [0.25, 0.3) is 0 Å². The van der Waals surface area contributed by atoms with Gasteiger partial charge in [-0.2, -0.15) is 5.10 Å². The standard InChI is InChI=1S/C11H14N8/c1-18-4-2-8(17-18)6-14-10-11-13-3-5-19(11)7-9(15-10)16-12/h2-5,7,16H,6,12H2,1H3,(H,14,15). The molecule has 98 valence electrons. The van der Waals surface area contributed by atoms with Crippen LogP contribution in [0.15, 0.2) is 30.9 Å². The van der Waals surface area contributed by atoms with Crippen LogP contribution in [-0.2, 0) is 13.6 Å². The van der Waals surface area contributed by atoms with Crippen molar-refractivity contribution < 1.29 is 0 Å². The van der Waals surface area contributed by atoms with Crippen LogP contribution in [0.5, 0.6) is 0 Å². The lowest BCUT2D eigenvalue weighted by molar-refractivity contribution is 0.747. The number of hydrogen-bond acceptors (Lipinski definition) is 6. The molecule has 0 aliphatic heterocycles. The quantitative estimate of drug-likeness (QED) is 0.462. The van der Waals surface area contributed by atoms with Crippen LogP contribution >= 0.6 is 0 Å². The molecule has 0 bridgehead atoms. The molecule has 3 rings (SSSR count). The molecule has 19 heavy (non-hydrogen) atoms. The molecule has 8 nitrogen and oxygen atoms in total. The second-order valence-corrected chi connectivity index (χ2v) is 4.11. The monoisotopic (exact) mass is 258 g/mol. The summed E-state index contributed by atoms with van der Waals surface area (Å²) in [6.45, 7) is 0.574. The number of nitrogen functional groups attached to an aromatic ring is 1. The second-order valence-electron chi connectivity index (χ2n) is 4.11. The molecule has 0 aliphatic carbocycles. The van der Waals surface area contributed by atoms with Crippen LogP contribution in [0.25, 0.3) is 5.65 Å². The van der Waals surface area contributed by atoms with Gasteiger partial charge in [0.05, 0.1) is 18.4 Å². The van der Waals surface area contributed by atoms with E-state index in [1.165, 1.54) is 0 Å². The number of rotatable bonds is 4. The third kappa shape index (κ3) is 2.20. The number of hydrogen-bond donors (Lipinski definition) is 3. The minimum Gasteiger partial charge on any atom is -0.361 e. The van der Waals surface area contributed by atoms with E-state index >= 15 is 0 Å². The molecule has 0 aromatic carbocycles. The predicted molar refractivity (Wildman–Crippen MR) is 71.3 cm³/mol. The summed E-state index contributed by atoms with van der Waals surface area (Å²) in [5, 5.41) is 7.51. The fraction of sp³-hybridized carbons (Fsp3) is 0.182. The largest absolute Gasteiger partial charge is 0.361 e. The lowest BCUT2D eigenvalue weighted by atomic mass is 10.4. The molecule has 0 fully saturated rings. The van der Waals surface area contributed by atoms with E-state index in [2.05, 4.69) is 25.8 Å². The Kier molecular flexibility index (Phi) is 2.76. The normalized spacial score (nSPS) is 10.8. The Morgan fingerprint density at radius 3 is 3.00 bits per heavy atom. The SMILES string of the molecule is Cn1ccc(CNc2nc(NN)cn3ccnc23)n1. The average molecular weight is 258 g/mol. The number of aryl methyl sites for hydroxylation is 1. The Labute approximate surface area is 109 Å². The van der Waals surface area contributed by atoms with Crippen molar-refractivity contribution in [2.75, 3.05) is 10.7 Å². The van der Waals surface area contributed by atoms with Gasteiger partial charge in [-0.15, -0.1) is 0 Å². The van der Waals surface area contributed by atoms with E-state index in [1.807, 2.05) is 29.9 Å². The number of nitrogens with zero attached hydrogens (tertiary/aromatic N) is 5. The summed E-state index contributed by atoms with van der Waals surface area (Å²) in [6.07, 6.45) is 7.22. The minimum absolute atomic E-state index is 0.564. The average Bonchev–Trinajstić information content (AvgIpc) is 3.04. The van der Waals surface area contributed by atoms with Gasteiger partial charge in [-0.05, 0) is 6.07 Å². The van der Waals surface area contributed by atoms with Crippen molar-refractivity contribution in [3.05, 3.63) is 36.5 Å². The third-order valence-electron chi connectivity index (χ3n) is 2.73. The molecule has 0 spiro atoms. The summed E-state index contributed by atoms with van der Waals surface area (Å²) < 4.78 is 3.61. The lowest BCUT2D eigenvalue weighted by Gasteiger charge is -2.08. The van der Waals surface area contributed by atoms with E-state index in [1.54, 1.807) is 17.1 Å². The zero-order chi connectivity index (χ0) is 13.2. The van der Waals surface area contributed by atoms with Gasteiger partial charge in [0.1, 0.15) is 0 Å². The zero-order valence-corrected chi connectivity index (χ0v) is 10.4. The molecule has 0 amide bonds. The summed E-state index contributed by atoms with van der Waals surface area (Å²) in [4.78, 5) is 8.60. The molecule has 0 saturated carbocycles. The van der Waals surface area contributed by atoms with Gasteiger partial charge >= 0.3 is 0 Å². The Morgan fingerprint density at radius 1 is 1.37 bits per heavy atom. The van der Waals surface area contributed by atoms with E-state index in [0.717, 1.165) is 11.3 Å². The van der Waals surface area contributed by atoms with Gasteiger partial charge in [-0.3, -0.25) is 4.68 Å². The van der Waals surface area contributed by atoms with Gasteiger partial charge in [-0.1, -0.05) is 0 Å². The first-order chi connectivity index (χ1) is 9.26. The molecule has 3 aromatic heterocycles. The molecule has 0 radical (unpaired) electrons. The van der Waals surface area contributed by atoms with Crippen LogP contribution in [0.3, 0.4) is 0 Å². The molecular formula is C11H14N8. The van der Waals surface area contributed by atoms with Crippen molar-refractivity contribution in [3.8, 4) is 0 Å². The van der Waals surface area contributed by atoms with Crippen LogP contribution in [0, 0.1) is 0 Å². The molecule has 0 unspecified atom stereocenters. The number of imidazole rings is 1. The Balaban J connectivity index is 1.88. The van der Waals surface area contributed by atoms with Crippen molar-refractivity contribution >= 4 is 17.3 Å². The number of nitrogens with two attached hydrogens (primary N) is 1. The molecule has 0 atom stereocenters. The first-order valence-corrected chi connectivity index (χ1v) is 5.79. The number of fused-ring (bicyclic) bond motifs is 1. The lowest BCUT2D eigenvalue weighted by Crippen LogP contribution is -2.12. The highest BCUT2D eigenvalue weighted by molar-refractivity contribution is 5.65. The van der Waals surface area contributed by atoms with Crippen molar-refractivity contribution in [2.45, 2.75) is 6.54 Å². The fourth-order valence-corrected chi connectivity index (χ4v) is 1.85. The summed E-state index contributed by atoms with van der Waals surface area (Å²) >= 11 is 0. The van der Waals surface area contributed by atoms with Crippen molar-refractivity contribution in [1.29, 1.82) is 0 Å². The van der Waals surface area contributed by atoms with Gasteiger partial charge in [0, 0.05) is 25.6 Å². The number of aromatic nitrogens is 5. The molecule has 0 saturated heterocycles. The van der Waals surface area contributed by atoms with E-state index in [9.17, 15) is 0 Å². The number of hydrazine groups is 1. The highest BCUT2D eigenvalue weighted by Gasteiger charge is 2.07. The first-order valence-electron chi connectivity index (χ1n) is 5.79. The number of nitrogens with one attached hydrogen (secondary N) is 2. The van der Waals surface area contributed by atoms with Gasteiger partial charge in [-0.25, -0.2) is 15.8 Å². The maximum Gasteiger partial charge on any atom is 0.180 e. The summed E-state index contributed by atoms with van der Waals surface area (Å²) in [7, 11) is 1.88. The molecule has 0 aliphatic rings. The topological polar surface area (TPSA) is 98.1 Å². The zero-order valence-electron chi connectivity index (χ0n) is 10.4. The van der Waals surface area contributed by atoms with Crippen LogP contribution in [0.1, 0.15) is 5.69 Å². The van der Waals surface area contributed by atoms with E-state index < -0.39 is 0 Å². The first kappa shape index (κ1) is 11.5. The Bertz CT molecular complexity index is 698. The Hall–Kier alpha value is -2.61. The smallest absolute Gasteiger partial charge is 0.180 e. The van der Waals surface area contributed by atoms with E-state index in [-0.39, 0.29) is 0 Å². The van der Waals surface area contributed by atoms with E-state index in [4.69, 9.17) is 5.84 Å². The van der Waals surface area contributed by atoms with Crippen LogP contribution in [0.4, 0.5) is 11.6 Å². The minimum atomic E-state index is 0.564. The summed E-state index contributed by atoms with van der Waals surface area (Å²) in [5.74, 6) is 6.62. The summed E-state index contributed by atoms with van der Waals surface area (Å²) in [6, 6.07) is 1.95. The van der Waals surface area contributed by atoms with Crippen LogP contribution in [-0.4, -0.2) is 24.1 Å². The maximum absolute atomic E-state index is 5.40. The highest BCUT2D eigenvalue weighted by atomic mass is 15.3. The van der Waals surface area contributed by atoms with E-state index in [0.29, 0.717) is 18.2 Å². The Morgan fingerprint density at radius 2 is 2.26 bits per heavy atom.